The fraction of sp³-hybridized carbons (Fsp3) is 0.455. The lowest BCUT2D eigenvalue weighted by Crippen LogP contribution is -2.28. The van der Waals surface area contributed by atoms with E-state index < -0.39 is 10.0 Å². The highest BCUT2D eigenvalue weighted by molar-refractivity contribution is 7.89. The molecule has 1 rings (SSSR count). The van der Waals surface area contributed by atoms with E-state index in [0.29, 0.717) is 0 Å². The van der Waals surface area contributed by atoms with Crippen LogP contribution in [-0.2, 0) is 21.5 Å². The second-order valence-corrected chi connectivity index (χ2v) is 5.76. The summed E-state index contributed by atoms with van der Waals surface area (Å²) in [6, 6.07) is 9.39. The maximum atomic E-state index is 11.4. The maximum absolute atomic E-state index is 11.4. The van der Waals surface area contributed by atoms with Crippen molar-refractivity contribution in [3.63, 3.8) is 0 Å². The molecular formula is C11H17NO3S. The van der Waals surface area contributed by atoms with Crippen molar-refractivity contribution in [2.75, 3.05) is 5.75 Å². The highest BCUT2D eigenvalue weighted by Crippen LogP contribution is 2.01. The number of hydrogen-bond donors (Lipinski definition) is 1. The Balaban J connectivity index is 2.36. The number of rotatable bonds is 6. The Morgan fingerprint density at radius 1 is 1.25 bits per heavy atom. The Kier molecular flexibility index (Phi) is 4.92. The van der Waals surface area contributed by atoms with Crippen LogP contribution in [0.5, 0.6) is 0 Å². The zero-order chi connectivity index (χ0) is 12.0. The summed E-state index contributed by atoms with van der Waals surface area (Å²) in [5.74, 6) is 0.153. The van der Waals surface area contributed by atoms with Crippen LogP contribution >= 0.6 is 0 Å². The van der Waals surface area contributed by atoms with Gasteiger partial charge in [-0.3, -0.25) is 4.84 Å². The quantitative estimate of drug-likeness (QED) is 0.774. The maximum Gasteiger partial charge on any atom is 0.233 e. The van der Waals surface area contributed by atoms with E-state index in [1.54, 1.807) is 0 Å². The first-order valence-corrected chi connectivity index (χ1v) is 6.80. The molecule has 0 aliphatic rings. The highest BCUT2D eigenvalue weighted by atomic mass is 32.2. The van der Waals surface area contributed by atoms with Crippen LogP contribution in [0.3, 0.4) is 0 Å². The molecule has 16 heavy (non-hydrogen) atoms. The topological polar surface area (TPSA) is 55.4 Å². The van der Waals surface area contributed by atoms with Crippen molar-refractivity contribution < 1.29 is 13.3 Å². The van der Waals surface area contributed by atoms with Crippen LogP contribution in [0.25, 0.3) is 0 Å². The van der Waals surface area contributed by atoms with Crippen LogP contribution in [-0.4, -0.2) is 14.2 Å². The van der Waals surface area contributed by atoms with Gasteiger partial charge in [-0.15, -0.1) is 0 Å². The molecule has 0 amide bonds. The lowest BCUT2D eigenvalue weighted by molar-refractivity contribution is 0.0793. The molecule has 0 radical (unpaired) electrons. The standard InChI is InChI=1S/C11H17NO3S/c1-10(2)9-16(13,14)12-15-8-11-6-4-3-5-7-11/h3-7,10,12H,8-9H2,1-2H3. The molecule has 90 valence electrons. The molecule has 4 nitrogen and oxygen atoms in total. The van der Waals surface area contributed by atoms with Crippen molar-refractivity contribution in [1.29, 1.82) is 0 Å². The van der Waals surface area contributed by atoms with E-state index in [0.717, 1.165) is 5.56 Å². The van der Waals surface area contributed by atoms with Crippen LogP contribution in [0, 0.1) is 5.92 Å². The van der Waals surface area contributed by atoms with Crippen molar-refractivity contribution in [1.82, 2.24) is 4.89 Å². The van der Waals surface area contributed by atoms with Crippen molar-refractivity contribution in [3.8, 4) is 0 Å². The average Bonchev–Trinajstić information content (AvgIpc) is 2.16. The fourth-order valence-corrected chi connectivity index (χ4v) is 2.43. The van der Waals surface area contributed by atoms with Gasteiger partial charge in [-0.25, -0.2) is 8.42 Å². The lowest BCUT2D eigenvalue weighted by Gasteiger charge is -2.08. The predicted octanol–water partition coefficient (Wildman–Crippen LogP) is 1.69. The minimum atomic E-state index is -3.32. The first-order chi connectivity index (χ1) is 7.49. The normalized spacial score (nSPS) is 11.9. The molecule has 1 aromatic rings. The summed E-state index contributed by atoms with van der Waals surface area (Å²) >= 11 is 0. The molecule has 0 fully saturated rings. The highest BCUT2D eigenvalue weighted by Gasteiger charge is 2.12. The summed E-state index contributed by atoms with van der Waals surface area (Å²) in [7, 11) is -3.32. The molecule has 0 atom stereocenters. The molecule has 0 heterocycles. The van der Waals surface area contributed by atoms with Gasteiger partial charge in [0.15, 0.2) is 0 Å². The van der Waals surface area contributed by atoms with Crippen molar-refractivity contribution in [3.05, 3.63) is 35.9 Å². The smallest absolute Gasteiger partial charge is 0.233 e. The van der Waals surface area contributed by atoms with Gasteiger partial charge in [0.1, 0.15) is 0 Å². The van der Waals surface area contributed by atoms with Crippen LogP contribution in [0.2, 0.25) is 0 Å². The van der Waals surface area contributed by atoms with Gasteiger partial charge in [-0.1, -0.05) is 49.1 Å². The van der Waals surface area contributed by atoms with E-state index in [4.69, 9.17) is 4.84 Å². The minimum Gasteiger partial charge on any atom is -0.282 e. The summed E-state index contributed by atoms with van der Waals surface area (Å²) < 4.78 is 22.8. The molecule has 1 aromatic carbocycles. The molecule has 0 bridgehead atoms. The zero-order valence-corrected chi connectivity index (χ0v) is 10.3. The van der Waals surface area contributed by atoms with E-state index in [-0.39, 0.29) is 18.3 Å². The summed E-state index contributed by atoms with van der Waals surface area (Å²) in [6.45, 7) is 3.92. The van der Waals surface area contributed by atoms with Crippen LogP contribution in [0.1, 0.15) is 19.4 Å². The van der Waals surface area contributed by atoms with Crippen molar-refractivity contribution >= 4 is 10.0 Å². The molecule has 0 aromatic heterocycles. The van der Waals surface area contributed by atoms with Gasteiger partial charge < -0.3 is 0 Å². The van der Waals surface area contributed by atoms with Gasteiger partial charge in [0, 0.05) is 0 Å². The Morgan fingerprint density at radius 3 is 2.44 bits per heavy atom. The van der Waals surface area contributed by atoms with Crippen LogP contribution in [0.4, 0.5) is 0 Å². The predicted molar refractivity (Wildman–Crippen MR) is 63.0 cm³/mol. The van der Waals surface area contributed by atoms with E-state index in [2.05, 4.69) is 4.89 Å². The third-order valence-electron chi connectivity index (χ3n) is 1.82. The largest absolute Gasteiger partial charge is 0.282 e. The lowest BCUT2D eigenvalue weighted by atomic mass is 10.2. The molecular weight excluding hydrogens is 226 g/mol. The first kappa shape index (κ1) is 13.2. The molecule has 0 saturated heterocycles. The molecule has 0 saturated carbocycles. The van der Waals surface area contributed by atoms with Gasteiger partial charge in [-0.2, -0.15) is 0 Å². The fourth-order valence-electron chi connectivity index (χ4n) is 1.25. The van der Waals surface area contributed by atoms with Crippen molar-refractivity contribution in [2.24, 2.45) is 5.92 Å². The summed E-state index contributed by atoms with van der Waals surface area (Å²) in [5, 5.41) is 0. The third-order valence-corrected chi connectivity index (χ3v) is 3.30. The number of hydrogen-bond acceptors (Lipinski definition) is 3. The number of sulfonamides is 1. The SMILES string of the molecule is CC(C)CS(=O)(=O)NOCc1ccccc1. The molecule has 0 aliphatic carbocycles. The molecule has 0 unspecified atom stereocenters. The number of benzene rings is 1. The Morgan fingerprint density at radius 2 is 1.88 bits per heavy atom. The summed E-state index contributed by atoms with van der Waals surface area (Å²) in [4.78, 5) is 7.06. The van der Waals surface area contributed by atoms with Crippen LogP contribution in [0.15, 0.2) is 30.3 Å². The van der Waals surface area contributed by atoms with Crippen LogP contribution < -0.4 is 4.89 Å². The van der Waals surface area contributed by atoms with Gasteiger partial charge in [0.05, 0.1) is 12.4 Å². The number of nitrogens with one attached hydrogen (secondary N) is 1. The Labute approximate surface area is 96.6 Å². The van der Waals surface area contributed by atoms with Gasteiger partial charge in [0.25, 0.3) is 0 Å². The second-order valence-electron chi connectivity index (χ2n) is 4.03. The monoisotopic (exact) mass is 243 g/mol. The third kappa shape index (κ3) is 5.25. The summed E-state index contributed by atoms with van der Waals surface area (Å²) in [6.07, 6.45) is 0. The zero-order valence-electron chi connectivity index (χ0n) is 9.51. The van der Waals surface area contributed by atoms with Gasteiger partial charge in [-0.05, 0) is 11.5 Å². The van der Waals surface area contributed by atoms with E-state index in [1.165, 1.54) is 0 Å². The molecule has 0 spiro atoms. The molecule has 1 N–H and O–H groups in total. The summed E-state index contributed by atoms with van der Waals surface area (Å²) in [5.41, 5.74) is 0.926. The molecule has 5 heteroatoms. The van der Waals surface area contributed by atoms with E-state index in [9.17, 15) is 8.42 Å². The van der Waals surface area contributed by atoms with E-state index in [1.807, 2.05) is 44.2 Å². The average molecular weight is 243 g/mol. The minimum absolute atomic E-state index is 0.0712. The Bertz CT molecular complexity index is 400. The molecule has 0 aliphatic heterocycles. The Hall–Kier alpha value is -0.910. The van der Waals surface area contributed by atoms with Crippen molar-refractivity contribution in [2.45, 2.75) is 20.5 Å². The van der Waals surface area contributed by atoms with Gasteiger partial charge >= 0.3 is 0 Å². The second kappa shape index (κ2) is 5.98. The first-order valence-electron chi connectivity index (χ1n) is 5.15. The van der Waals surface area contributed by atoms with Gasteiger partial charge in [0.2, 0.25) is 10.0 Å². The van der Waals surface area contributed by atoms with E-state index >= 15 is 0 Å².